The number of nitrogens with two attached hydrogens (primary N) is 1. The van der Waals surface area contributed by atoms with Gasteiger partial charge in [0.25, 0.3) is 0 Å². The van der Waals surface area contributed by atoms with Crippen molar-refractivity contribution in [1.82, 2.24) is 4.31 Å². The third-order valence-corrected chi connectivity index (χ3v) is 7.71. The highest BCUT2D eigenvalue weighted by molar-refractivity contribution is 8.00. The minimum absolute atomic E-state index is 0.0914. The summed E-state index contributed by atoms with van der Waals surface area (Å²) in [7, 11) is -3.67. The van der Waals surface area contributed by atoms with Crippen LogP contribution in [0.4, 0.5) is 10.1 Å². The Labute approximate surface area is 129 Å². The van der Waals surface area contributed by atoms with Gasteiger partial charge >= 0.3 is 0 Å². The van der Waals surface area contributed by atoms with Gasteiger partial charge in [0.2, 0.25) is 10.0 Å². The van der Waals surface area contributed by atoms with Crippen molar-refractivity contribution in [3.8, 4) is 0 Å². The van der Waals surface area contributed by atoms with E-state index in [1.165, 1.54) is 10.4 Å². The lowest BCUT2D eigenvalue weighted by atomic mass is 10.1. The van der Waals surface area contributed by atoms with Crippen LogP contribution >= 0.6 is 11.8 Å². The number of rotatable bonds is 2. The van der Waals surface area contributed by atoms with E-state index in [1.54, 1.807) is 25.6 Å². The summed E-state index contributed by atoms with van der Waals surface area (Å²) in [6.45, 7) is 7.57. The molecule has 0 radical (unpaired) electrons. The quantitative estimate of drug-likeness (QED) is 0.846. The van der Waals surface area contributed by atoms with E-state index in [0.717, 1.165) is 5.75 Å². The van der Waals surface area contributed by atoms with Crippen LogP contribution in [0, 0.1) is 19.7 Å². The number of anilines is 1. The van der Waals surface area contributed by atoms with E-state index < -0.39 is 15.8 Å². The smallest absolute Gasteiger partial charge is 0.243 e. The maximum Gasteiger partial charge on any atom is 0.243 e. The largest absolute Gasteiger partial charge is 0.396 e. The van der Waals surface area contributed by atoms with Gasteiger partial charge in [0.1, 0.15) is 5.82 Å². The minimum Gasteiger partial charge on any atom is -0.396 e. The normalized spacial score (nSPS) is 24.2. The number of halogens is 1. The molecule has 0 spiro atoms. The number of nitrogens with zero attached hydrogens (tertiary/aromatic N) is 1. The first kappa shape index (κ1) is 16.6. The number of benzene rings is 1. The second-order valence-electron chi connectivity index (χ2n) is 5.48. The molecule has 1 heterocycles. The van der Waals surface area contributed by atoms with Gasteiger partial charge in [-0.15, -0.1) is 0 Å². The van der Waals surface area contributed by atoms with Gasteiger partial charge in [-0.1, -0.05) is 6.92 Å². The van der Waals surface area contributed by atoms with Crippen molar-refractivity contribution < 1.29 is 12.8 Å². The lowest BCUT2D eigenvalue weighted by Gasteiger charge is -2.37. The Bertz CT molecular complexity index is 661. The van der Waals surface area contributed by atoms with Gasteiger partial charge in [-0.05, 0) is 38.0 Å². The molecule has 1 aromatic carbocycles. The number of thioether (sulfide) groups is 1. The van der Waals surface area contributed by atoms with Gasteiger partial charge in [-0.2, -0.15) is 16.1 Å². The van der Waals surface area contributed by atoms with E-state index in [0.29, 0.717) is 17.7 Å². The van der Waals surface area contributed by atoms with E-state index in [4.69, 9.17) is 5.73 Å². The Morgan fingerprint density at radius 1 is 1.38 bits per heavy atom. The van der Waals surface area contributed by atoms with E-state index in [-0.39, 0.29) is 21.9 Å². The summed E-state index contributed by atoms with van der Waals surface area (Å²) in [5.74, 6) is 0.194. The topological polar surface area (TPSA) is 63.4 Å². The first-order valence-corrected chi connectivity index (χ1v) is 9.35. The second kappa shape index (κ2) is 5.78. The molecule has 1 aliphatic rings. The van der Waals surface area contributed by atoms with Crippen LogP contribution in [0.3, 0.4) is 0 Å². The van der Waals surface area contributed by atoms with Crippen LogP contribution in [-0.4, -0.2) is 36.3 Å². The molecule has 0 amide bonds. The molecule has 7 heteroatoms. The van der Waals surface area contributed by atoms with E-state index in [1.807, 2.05) is 13.8 Å². The molecule has 1 aliphatic heterocycles. The zero-order chi connectivity index (χ0) is 15.9. The Balaban J connectivity index is 2.57. The monoisotopic (exact) mass is 332 g/mol. The summed E-state index contributed by atoms with van der Waals surface area (Å²) in [6, 6.07) is 1.10. The van der Waals surface area contributed by atoms with Crippen molar-refractivity contribution >= 4 is 27.5 Å². The van der Waals surface area contributed by atoms with Crippen molar-refractivity contribution in [2.45, 2.75) is 43.9 Å². The zero-order valence-corrected chi connectivity index (χ0v) is 14.3. The molecule has 1 aromatic rings. The number of hydrogen-bond donors (Lipinski definition) is 1. The van der Waals surface area contributed by atoms with Crippen molar-refractivity contribution in [2.75, 3.05) is 18.0 Å². The van der Waals surface area contributed by atoms with Gasteiger partial charge in [0.15, 0.2) is 0 Å². The number of aryl methyl sites for hydroxylation is 1. The van der Waals surface area contributed by atoms with Crippen molar-refractivity contribution in [1.29, 1.82) is 0 Å². The first-order valence-electron chi connectivity index (χ1n) is 6.86. The van der Waals surface area contributed by atoms with Crippen molar-refractivity contribution in [3.05, 3.63) is 23.0 Å². The van der Waals surface area contributed by atoms with Crippen LogP contribution < -0.4 is 5.73 Å². The fourth-order valence-electron chi connectivity index (χ4n) is 2.69. The molecular weight excluding hydrogens is 311 g/mol. The minimum atomic E-state index is -3.67. The molecule has 2 atom stereocenters. The summed E-state index contributed by atoms with van der Waals surface area (Å²) >= 11 is 1.76. The summed E-state index contributed by atoms with van der Waals surface area (Å²) < 4.78 is 41.1. The predicted octanol–water partition coefficient (Wildman–Crippen LogP) is 2.54. The molecule has 4 nitrogen and oxygen atoms in total. The van der Waals surface area contributed by atoms with Crippen LogP contribution in [0.1, 0.15) is 25.0 Å². The van der Waals surface area contributed by atoms with E-state index in [9.17, 15) is 12.8 Å². The fraction of sp³-hybridized carbons (Fsp3) is 0.571. The molecule has 2 unspecified atom stereocenters. The predicted molar refractivity (Wildman–Crippen MR) is 85.6 cm³/mol. The summed E-state index contributed by atoms with van der Waals surface area (Å²) in [4.78, 5) is 0.146. The van der Waals surface area contributed by atoms with Gasteiger partial charge in [-0.25, -0.2) is 12.8 Å². The van der Waals surface area contributed by atoms with Crippen LogP contribution in [0.15, 0.2) is 11.0 Å². The van der Waals surface area contributed by atoms with Gasteiger partial charge in [0, 0.05) is 23.6 Å². The van der Waals surface area contributed by atoms with Crippen molar-refractivity contribution in [2.24, 2.45) is 0 Å². The zero-order valence-electron chi connectivity index (χ0n) is 12.7. The van der Waals surface area contributed by atoms with Gasteiger partial charge in [-0.3, -0.25) is 0 Å². The highest BCUT2D eigenvalue weighted by Crippen LogP contribution is 2.34. The molecule has 2 N–H and O–H groups in total. The molecule has 1 saturated heterocycles. The number of hydrogen-bond acceptors (Lipinski definition) is 4. The standard InChI is InChI=1S/C14H21FN2O2S2/c1-8-7-12(15)13(16)9(2)14(8)21(18,19)17-5-6-20-11(4)10(17)3/h7,10-11H,5-6,16H2,1-4H3. The molecule has 21 heavy (non-hydrogen) atoms. The summed E-state index contributed by atoms with van der Waals surface area (Å²) in [5.41, 5.74) is 6.28. The lowest BCUT2D eigenvalue weighted by molar-refractivity contribution is 0.340. The number of sulfonamides is 1. The summed E-state index contributed by atoms with van der Waals surface area (Å²) in [6.07, 6.45) is 0. The molecule has 118 valence electrons. The highest BCUT2D eigenvalue weighted by Gasteiger charge is 2.37. The maximum absolute atomic E-state index is 13.7. The molecule has 2 rings (SSSR count). The average Bonchev–Trinajstić information content (AvgIpc) is 2.38. The Hall–Kier alpha value is -0.790. The van der Waals surface area contributed by atoms with E-state index >= 15 is 0 Å². The second-order valence-corrected chi connectivity index (χ2v) is 8.79. The summed E-state index contributed by atoms with van der Waals surface area (Å²) in [5, 5.41) is 0.229. The molecule has 0 saturated carbocycles. The van der Waals surface area contributed by atoms with Crippen LogP contribution in [-0.2, 0) is 10.0 Å². The SMILES string of the molecule is Cc1cc(F)c(N)c(C)c1S(=O)(=O)N1CCSC(C)C1C. The molecule has 0 bridgehead atoms. The Kier molecular flexibility index (Phi) is 4.56. The van der Waals surface area contributed by atoms with Gasteiger partial charge in [0.05, 0.1) is 10.6 Å². The van der Waals surface area contributed by atoms with Gasteiger partial charge < -0.3 is 5.73 Å². The fourth-order valence-corrected chi connectivity index (χ4v) is 6.13. The third kappa shape index (κ3) is 2.78. The van der Waals surface area contributed by atoms with Crippen LogP contribution in [0.2, 0.25) is 0 Å². The van der Waals surface area contributed by atoms with Crippen LogP contribution in [0.5, 0.6) is 0 Å². The first-order chi connectivity index (χ1) is 9.67. The molecule has 0 aromatic heterocycles. The maximum atomic E-state index is 13.7. The lowest BCUT2D eigenvalue weighted by Crippen LogP contribution is -2.48. The van der Waals surface area contributed by atoms with Crippen molar-refractivity contribution in [3.63, 3.8) is 0 Å². The third-order valence-electron chi connectivity index (χ3n) is 4.10. The van der Waals surface area contributed by atoms with E-state index in [2.05, 4.69) is 0 Å². The average molecular weight is 332 g/mol. The molecular formula is C14H21FN2O2S2. The molecule has 1 fully saturated rings. The Morgan fingerprint density at radius 3 is 2.62 bits per heavy atom. The number of nitrogen functional groups attached to an aromatic ring is 1. The molecule has 0 aliphatic carbocycles. The Morgan fingerprint density at radius 2 is 2.00 bits per heavy atom. The highest BCUT2D eigenvalue weighted by atomic mass is 32.2. The van der Waals surface area contributed by atoms with Crippen LogP contribution in [0.25, 0.3) is 0 Å².